The molecule has 5 rings (SSSR count). The zero-order valence-corrected chi connectivity index (χ0v) is 15.6. The first-order valence-corrected chi connectivity index (χ1v) is 9.19. The number of piperidine rings is 1. The van der Waals surface area contributed by atoms with Crippen molar-refractivity contribution in [2.24, 2.45) is 0 Å². The van der Waals surface area contributed by atoms with Gasteiger partial charge in [0.1, 0.15) is 5.52 Å². The second-order valence-electron chi connectivity index (χ2n) is 7.28. The fourth-order valence-electron chi connectivity index (χ4n) is 3.72. The summed E-state index contributed by atoms with van der Waals surface area (Å²) in [5, 5.41) is 11.6. The number of anilines is 2. The number of halogens is 2. The molecule has 0 radical (unpaired) electrons. The molecule has 0 aliphatic carbocycles. The number of nitrogens with two attached hydrogens (primary N) is 1. The number of hydrogen-bond acceptors (Lipinski definition) is 7. The van der Waals surface area contributed by atoms with Gasteiger partial charge in [0.05, 0.1) is 18.3 Å². The molecule has 9 nitrogen and oxygen atoms in total. The highest BCUT2D eigenvalue weighted by molar-refractivity contribution is 5.86. The first-order valence-electron chi connectivity index (χ1n) is 9.19. The van der Waals surface area contributed by atoms with E-state index in [0.717, 1.165) is 11.2 Å². The molecule has 1 atom stereocenters. The van der Waals surface area contributed by atoms with Crippen LogP contribution < -0.4 is 11.1 Å². The van der Waals surface area contributed by atoms with Crippen LogP contribution in [-0.2, 0) is 0 Å². The largest absolute Gasteiger partial charge is 0.382 e. The summed E-state index contributed by atoms with van der Waals surface area (Å²) in [6, 6.07) is 4.46. The van der Waals surface area contributed by atoms with Crippen molar-refractivity contribution in [2.45, 2.75) is 18.4 Å². The van der Waals surface area contributed by atoms with Crippen molar-refractivity contribution in [1.82, 2.24) is 34.1 Å². The van der Waals surface area contributed by atoms with Gasteiger partial charge in [0.25, 0.3) is 5.92 Å². The van der Waals surface area contributed by atoms with Gasteiger partial charge < -0.3 is 16.0 Å². The van der Waals surface area contributed by atoms with Crippen LogP contribution in [0, 0.1) is 0 Å². The second-order valence-corrected chi connectivity index (χ2v) is 7.28. The van der Waals surface area contributed by atoms with Crippen molar-refractivity contribution in [3.63, 3.8) is 0 Å². The maximum absolute atomic E-state index is 14.3. The minimum Gasteiger partial charge on any atom is -0.382 e. The quantitative estimate of drug-likeness (QED) is 0.541. The Morgan fingerprint density at radius 3 is 2.86 bits per heavy atom. The molecule has 0 aromatic carbocycles. The topological polar surface area (TPSA) is 102 Å². The Morgan fingerprint density at radius 2 is 2.03 bits per heavy atom. The lowest BCUT2D eigenvalue weighted by atomic mass is 10.0. The predicted molar refractivity (Wildman–Crippen MR) is 104 cm³/mol. The van der Waals surface area contributed by atoms with Gasteiger partial charge in [0.2, 0.25) is 5.95 Å². The fraction of sp³-hybridized carbons (Fsp3) is 0.333. The summed E-state index contributed by atoms with van der Waals surface area (Å²) in [5.41, 5.74) is 8.89. The van der Waals surface area contributed by atoms with Gasteiger partial charge in [-0.25, -0.2) is 22.8 Å². The Bertz CT molecular complexity index is 1200. The predicted octanol–water partition coefficient (Wildman–Crippen LogP) is 1.77. The van der Waals surface area contributed by atoms with E-state index in [1.807, 2.05) is 18.2 Å². The van der Waals surface area contributed by atoms with Crippen LogP contribution >= 0.6 is 0 Å². The lowest BCUT2D eigenvalue weighted by Gasteiger charge is -2.36. The van der Waals surface area contributed by atoms with Crippen LogP contribution in [-0.4, -0.2) is 66.2 Å². The molecule has 1 fully saturated rings. The number of imidazole rings is 1. The molecule has 4 aromatic heterocycles. The van der Waals surface area contributed by atoms with E-state index < -0.39 is 12.0 Å². The van der Waals surface area contributed by atoms with Crippen molar-refractivity contribution in [1.29, 1.82) is 0 Å². The maximum Gasteiger partial charge on any atom is 0.280 e. The molecule has 4 aromatic rings. The van der Waals surface area contributed by atoms with E-state index in [1.54, 1.807) is 35.1 Å². The van der Waals surface area contributed by atoms with Crippen LogP contribution in [0.1, 0.15) is 6.42 Å². The highest BCUT2D eigenvalue weighted by Gasteiger charge is 2.44. The van der Waals surface area contributed by atoms with Crippen LogP contribution in [0.5, 0.6) is 0 Å². The van der Waals surface area contributed by atoms with E-state index in [0.29, 0.717) is 17.8 Å². The lowest BCUT2D eigenvalue weighted by Crippen LogP contribution is -2.53. The van der Waals surface area contributed by atoms with E-state index in [9.17, 15) is 8.78 Å². The third-order valence-electron chi connectivity index (χ3n) is 5.16. The zero-order valence-electron chi connectivity index (χ0n) is 15.6. The molecule has 3 N–H and O–H groups in total. The molecule has 0 saturated carbocycles. The standard InChI is InChI=1S/C18H19F2N9/c1-27-7-5-13(18(19,20)10-27)23-17-24-16(21)15-11(4-8-29(15)26-17)12-2-3-14-22-6-9-28(14)25-12/h2-4,6,8-9,13H,5,7,10H2,1H3,(H3,21,23,24,26)/t13-/m1/s1. The lowest BCUT2D eigenvalue weighted by molar-refractivity contribution is -0.0675. The average molecular weight is 399 g/mol. The van der Waals surface area contributed by atoms with Gasteiger partial charge in [-0.15, -0.1) is 5.10 Å². The summed E-state index contributed by atoms with van der Waals surface area (Å²) in [7, 11) is 1.68. The third-order valence-corrected chi connectivity index (χ3v) is 5.16. The molecule has 0 amide bonds. The third kappa shape index (κ3) is 3.03. The molecule has 0 unspecified atom stereocenters. The van der Waals surface area contributed by atoms with Gasteiger partial charge in [0.15, 0.2) is 11.5 Å². The second kappa shape index (κ2) is 6.34. The van der Waals surface area contributed by atoms with E-state index >= 15 is 0 Å². The Kier molecular flexibility index (Phi) is 3.88. The molecule has 29 heavy (non-hydrogen) atoms. The molecule has 0 bridgehead atoms. The van der Waals surface area contributed by atoms with Crippen molar-refractivity contribution >= 4 is 22.9 Å². The number of rotatable bonds is 3. The normalized spacial score (nSPS) is 19.8. The molecule has 150 valence electrons. The average Bonchev–Trinajstić information content (AvgIpc) is 3.29. The molecular formula is C18H19F2N9. The van der Waals surface area contributed by atoms with Gasteiger partial charge in [0, 0.05) is 30.7 Å². The first kappa shape index (κ1) is 17.7. The van der Waals surface area contributed by atoms with Crippen molar-refractivity contribution in [3.05, 3.63) is 36.8 Å². The Labute approximate surface area is 164 Å². The van der Waals surface area contributed by atoms with Gasteiger partial charge >= 0.3 is 0 Å². The van der Waals surface area contributed by atoms with E-state index in [1.165, 1.54) is 4.52 Å². The van der Waals surface area contributed by atoms with Crippen molar-refractivity contribution in [3.8, 4) is 11.3 Å². The highest BCUT2D eigenvalue weighted by atomic mass is 19.3. The molecule has 11 heteroatoms. The number of alkyl halides is 2. The Hall–Kier alpha value is -3.34. The van der Waals surface area contributed by atoms with Gasteiger partial charge in [-0.3, -0.25) is 0 Å². The minimum atomic E-state index is -2.88. The number of likely N-dealkylation sites (tertiary alicyclic amines) is 1. The SMILES string of the molecule is CN1CC[C@@H](Nc2nc(N)c3c(-c4ccc5nccn5n4)ccn3n2)C(F)(F)C1. The van der Waals surface area contributed by atoms with Crippen LogP contribution in [0.3, 0.4) is 0 Å². The van der Waals surface area contributed by atoms with E-state index in [2.05, 4.69) is 25.5 Å². The number of nitrogens with zero attached hydrogens (tertiary/aromatic N) is 7. The highest BCUT2D eigenvalue weighted by Crippen LogP contribution is 2.30. The number of fused-ring (bicyclic) bond motifs is 2. The summed E-state index contributed by atoms with van der Waals surface area (Å²) >= 11 is 0. The van der Waals surface area contributed by atoms with Gasteiger partial charge in [-0.1, -0.05) is 0 Å². The van der Waals surface area contributed by atoms with Crippen LogP contribution in [0.15, 0.2) is 36.8 Å². The van der Waals surface area contributed by atoms with Crippen molar-refractivity contribution < 1.29 is 8.78 Å². The molecule has 0 spiro atoms. The molecule has 1 saturated heterocycles. The minimum absolute atomic E-state index is 0.0735. The number of nitrogen functional groups attached to an aromatic ring is 1. The summed E-state index contributed by atoms with van der Waals surface area (Å²) < 4.78 is 31.9. The molecule has 1 aliphatic rings. The Morgan fingerprint density at radius 1 is 1.17 bits per heavy atom. The van der Waals surface area contributed by atoms with Crippen molar-refractivity contribution in [2.75, 3.05) is 31.2 Å². The van der Waals surface area contributed by atoms with Gasteiger partial charge in [-0.05, 0) is 31.7 Å². The van der Waals surface area contributed by atoms with Crippen LogP contribution in [0.4, 0.5) is 20.5 Å². The molecule has 5 heterocycles. The summed E-state index contributed by atoms with van der Waals surface area (Å²) in [6.07, 6.45) is 5.41. The number of hydrogen-bond donors (Lipinski definition) is 2. The molecular weight excluding hydrogens is 380 g/mol. The molecule has 1 aliphatic heterocycles. The smallest absolute Gasteiger partial charge is 0.280 e. The van der Waals surface area contributed by atoms with Crippen LogP contribution in [0.2, 0.25) is 0 Å². The first-order chi connectivity index (χ1) is 13.9. The fourth-order valence-corrected chi connectivity index (χ4v) is 3.72. The summed E-state index contributed by atoms with van der Waals surface area (Å²) in [4.78, 5) is 10.0. The zero-order chi connectivity index (χ0) is 20.2. The van der Waals surface area contributed by atoms with Gasteiger partial charge in [-0.2, -0.15) is 10.1 Å². The summed E-state index contributed by atoms with van der Waals surface area (Å²) in [5.74, 6) is -2.62. The van der Waals surface area contributed by atoms with E-state index in [4.69, 9.17) is 5.73 Å². The number of aromatic nitrogens is 6. The van der Waals surface area contributed by atoms with Crippen LogP contribution in [0.25, 0.3) is 22.4 Å². The Balaban J connectivity index is 1.50. The maximum atomic E-state index is 14.3. The number of nitrogens with one attached hydrogen (secondary N) is 1. The summed E-state index contributed by atoms with van der Waals surface area (Å²) in [6.45, 7) is 0.263. The van der Waals surface area contributed by atoms with E-state index in [-0.39, 0.29) is 24.7 Å². The monoisotopic (exact) mass is 399 g/mol.